The Labute approximate surface area is 199 Å². The van der Waals surface area contributed by atoms with Gasteiger partial charge in [-0.15, -0.1) is 10.2 Å². The van der Waals surface area contributed by atoms with Crippen LogP contribution < -0.4 is 4.90 Å². The Morgan fingerprint density at radius 3 is 2.72 bits per heavy atom. The normalized spacial score (nSPS) is 19.4. The lowest BCUT2D eigenvalue weighted by atomic mass is 10.0. The summed E-state index contributed by atoms with van der Waals surface area (Å²) in [7, 11) is 0. The fourth-order valence-corrected chi connectivity index (χ4v) is 6.11. The van der Waals surface area contributed by atoms with E-state index in [2.05, 4.69) is 15.1 Å². The highest BCUT2D eigenvalue weighted by Gasteiger charge is 2.37. The molecule has 2 aliphatic rings. The molecule has 2 aromatic heterocycles. The van der Waals surface area contributed by atoms with E-state index in [0.29, 0.717) is 11.4 Å². The van der Waals surface area contributed by atoms with Gasteiger partial charge < -0.3 is 9.32 Å². The Morgan fingerprint density at radius 1 is 1.22 bits per heavy atom. The molecule has 32 heavy (non-hydrogen) atoms. The lowest BCUT2D eigenvalue weighted by Gasteiger charge is -2.22. The summed E-state index contributed by atoms with van der Waals surface area (Å²) in [4.78, 5) is 15.7. The highest BCUT2D eigenvalue weighted by atomic mass is 35.5. The van der Waals surface area contributed by atoms with Gasteiger partial charge in [0.1, 0.15) is 11.8 Å². The van der Waals surface area contributed by atoms with Crippen LogP contribution in [0.3, 0.4) is 0 Å². The molecule has 0 bridgehead atoms. The molecule has 0 radical (unpaired) electrons. The van der Waals surface area contributed by atoms with Gasteiger partial charge in [-0.05, 0) is 49.6 Å². The molecule has 1 fully saturated rings. The van der Waals surface area contributed by atoms with Crippen LogP contribution in [-0.4, -0.2) is 45.2 Å². The predicted molar refractivity (Wildman–Crippen MR) is 128 cm³/mol. The van der Waals surface area contributed by atoms with E-state index in [-0.39, 0.29) is 17.2 Å². The highest BCUT2D eigenvalue weighted by molar-refractivity contribution is 8.02. The predicted octanol–water partition coefficient (Wildman–Crippen LogP) is 5.24. The third-order valence-electron chi connectivity index (χ3n) is 5.58. The van der Waals surface area contributed by atoms with Gasteiger partial charge in [-0.3, -0.25) is 4.79 Å². The number of hydrogen-bond acceptors (Lipinski definition) is 8. The second-order valence-corrected chi connectivity index (χ2v) is 10.8. The van der Waals surface area contributed by atoms with Crippen molar-refractivity contribution in [2.45, 2.75) is 41.8 Å². The average Bonchev–Trinajstić information content (AvgIpc) is 3.60. The first-order valence-electron chi connectivity index (χ1n) is 10.5. The topological polar surface area (TPSA) is 74.8 Å². The largest absolute Gasteiger partial charge is 0.467 e. The minimum absolute atomic E-state index is 0.0849. The molecule has 7 nitrogen and oxygen atoms in total. The second kappa shape index (κ2) is 9.25. The molecule has 3 aromatic rings. The molecule has 1 saturated heterocycles. The fourth-order valence-electron chi connectivity index (χ4n) is 3.91. The lowest BCUT2D eigenvalue weighted by Crippen LogP contribution is -2.33. The van der Waals surface area contributed by atoms with E-state index in [0.717, 1.165) is 39.6 Å². The molecule has 2 atom stereocenters. The molecule has 5 rings (SSSR count). The number of benzene rings is 1. The number of aromatic nitrogens is 2. The highest BCUT2D eigenvalue weighted by Crippen LogP contribution is 2.37. The average molecular weight is 488 g/mol. The Hall–Kier alpha value is -2.36. The third-order valence-corrected chi connectivity index (χ3v) is 7.99. The van der Waals surface area contributed by atoms with Gasteiger partial charge in [-0.1, -0.05) is 46.8 Å². The minimum atomic E-state index is -0.361. The summed E-state index contributed by atoms with van der Waals surface area (Å²) in [5.41, 5.74) is 1.78. The zero-order valence-electron chi connectivity index (χ0n) is 17.5. The van der Waals surface area contributed by atoms with E-state index in [9.17, 15) is 4.79 Å². The van der Waals surface area contributed by atoms with Crippen molar-refractivity contribution in [3.8, 4) is 0 Å². The van der Waals surface area contributed by atoms with E-state index >= 15 is 0 Å². The Kier molecular flexibility index (Phi) is 6.21. The summed E-state index contributed by atoms with van der Waals surface area (Å²) >= 11 is 9.00. The quantitative estimate of drug-likeness (QED) is 0.442. The number of nitrogens with zero attached hydrogens (tertiary/aromatic N) is 5. The van der Waals surface area contributed by atoms with E-state index in [1.165, 1.54) is 24.6 Å². The van der Waals surface area contributed by atoms with E-state index in [4.69, 9.17) is 21.1 Å². The Bertz CT molecular complexity index is 1110. The number of amides is 1. The van der Waals surface area contributed by atoms with Crippen molar-refractivity contribution in [2.24, 2.45) is 5.10 Å². The fraction of sp³-hybridized carbons (Fsp3) is 0.364. The van der Waals surface area contributed by atoms with Gasteiger partial charge >= 0.3 is 0 Å². The molecule has 2 unspecified atom stereocenters. The Balaban J connectivity index is 1.34. The van der Waals surface area contributed by atoms with Crippen molar-refractivity contribution < 1.29 is 9.21 Å². The van der Waals surface area contributed by atoms with Crippen LogP contribution in [0.25, 0.3) is 0 Å². The van der Waals surface area contributed by atoms with Crippen LogP contribution in [0.1, 0.15) is 43.6 Å². The number of carbonyl (C=O) groups is 1. The molecule has 10 heteroatoms. The van der Waals surface area contributed by atoms with Gasteiger partial charge in [0.05, 0.1) is 17.2 Å². The van der Waals surface area contributed by atoms with Crippen molar-refractivity contribution in [2.75, 3.05) is 18.0 Å². The van der Waals surface area contributed by atoms with Gasteiger partial charge in [0, 0.05) is 24.5 Å². The van der Waals surface area contributed by atoms with Crippen LogP contribution in [0.5, 0.6) is 0 Å². The van der Waals surface area contributed by atoms with Crippen molar-refractivity contribution in [1.82, 2.24) is 15.2 Å². The number of thioether (sulfide) groups is 1. The zero-order chi connectivity index (χ0) is 22.1. The van der Waals surface area contributed by atoms with Gasteiger partial charge in [-0.2, -0.15) is 5.10 Å². The standard InChI is InChI=1S/C22H22ClN5O2S2/c1-14(31-22-25-24-21(32-22)27-10-2-3-11-27)20(29)28-18(19-5-4-12-30-19)13-17(26-28)15-6-8-16(23)9-7-15/h4-9,12,14,18H,2-3,10-11,13H2,1H3. The smallest absolute Gasteiger partial charge is 0.256 e. The summed E-state index contributed by atoms with van der Waals surface area (Å²) in [6.07, 6.45) is 4.58. The molecule has 0 N–H and O–H groups in total. The molecule has 4 heterocycles. The maximum atomic E-state index is 13.4. The van der Waals surface area contributed by atoms with Crippen LogP contribution in [0.4, 0.5) is 5.13 Å². The van der Waals surface area contributed by atoms with Gasteiger partial charge in [0.15, 0.2) is 4.34 Å². The van der Waals surface area contributed by atoms with Crippen molar-refractivity contribution in [1.29, 1.82) is 0 Å². The monoisotopic (exact) mass is 487 g/mol. The number of furan rings is 1. The van der Waals surface area contributed by atoms with Gasteiger partial charge in [-0.25, -0.2) is 5.01 Å². The second-order valence-electron chi connectivity index (χ2n) is 7.78. The van der Waals surface area contributed by atoms with Crippen LogP contribution in [0.15, 0.2) is 56.5 Å². The molecular weight excluding hydrogens is 466 g/mol. The number of rotatable bonds is 6. The van der Waals surface area contributed by atoms with Crippen molar-refractivity contribution in [3.63, 3.8) is 0 Å². The first-order valence-corrected chi connectivity index (χ1v) is 12.6. The molecule has 0 aliphatic carbocycles. The van der Waals surface area contributed by atoms with Crippen molar-refractivity contribution in [3.05, 3.63) is 59.0 Å². The lowest BCUT2D eigenvalue weighted by molar-refractivity contribution is -0.132. The molecule has 2 aliphatic heterocycles. The van der Waals surface area contributed by atoms with Crippen LogP contribution in [0.2, 0.25) is 5.02 Å². The SMILES string of the molecule is CC(Sc1nnc(N2CCCC2)s1)C(=O)N1N=C(c2ccc(Cl)cc2)CC1c1ccco1. The van der Waals surface area contributed by atoms with Crippen LogP contribution in [-0.2, 0) is 4.79 Å². The number of halogens is 1. The van der Waals surface area contributed by atoms with E-state index in [1.807, 2.05) is 43.3 Å². The molecule has 166 valence electrons. The summed E-state index contributed by atoms with van der Waals surface area (Å²) in [6.45, 7) is 3.93. The molecule has 1 amide bonds. The maximum Gasteiger partial charge on any atom is 0.256 e. The Morgan fingerprint density at radius 2 is 2.00 bits per heavy atom. The summed E-state index contributed by atoms with van der Waals surface area (Å²) < 4.78 is 6.43. The van der Waals surface area contributed by atoms with E-state index < -0.39 is 0 Å². The zero-order valence-corrected chi connectivity index (χ0v) is 19.9. The van der Waals surface area contributed by atoms with Crippen LogP contribution >= 0.6 is 34.7 Å². The molecular formula is C22H22ClN5O2S2. The first-order chi connectivity index (χ1) is 15.6. The number of anilines is 1. The van der Waals surface area contributed by atoms with Crippen molar-refractivity contribution >= 4 is 51.5 Å². The number of hydrazone groups is 1. The first kappa shape index (κ1) is 21.5. The minimum Gasteiger partial charge on any atom is -0.467 e. The third kappa shape index (κ3) is 4.42. The molecule has 1 aromatic carbocycles. The number of carbonyl (C=O) groups excluding carboxylic acids is 1. The van der Waals surface area contributed by atoms with Crippen LogP contribution in [0, 0.1) is 0 Å². The molecule has 0 spiro atoms. The van der Waals surface area contributed by atoms with Gasteiger partial charge in [0.25, 0.3) is 5.91 Å². The van der Waals surface area contributed by atoms with E-state index in [1.54, 1.807) is 22.6 Å². The number of hydrogen-bond donors (Lipinski definition) is 0. The van der Waals surface area contributed by atoms with Gasteiger partial charge in [0.2, 0.25) is 5.13 Å². The summed E-state index contributed by atoms with van der Waals surface area (Å²) in [5.74, 6) is 0.633. The summed E-state index contributed by atoms with van der Waals surface area (Å²) in [6, 6.07) is 10.9. The molecule has 0 saturated carbocycles. The maximum absolute atomic E-state index is 13.4. The summed E-state index contributed by atoms with van der Waals surface area (Å²) in [5, 5.41) is 16.1.